The minimum absolute atomic E-state index is 0.0965. The number of aromatic hydroxyl groups is 1. The van der Waals surface area contributed by atoms with E-state index in [1.807, 2.05) is 6.92 Å². The highest BCUT2D eigenvalue weighted by atomic mass is 16.3. The molecule has 120 valence electrons. The lowest BCUT2D eigenvalue weighted by molar-refractivity contribution is 0.0662. The fraction of sp³-hybridized carbons (Fsp3) is 0.467. The van der Waals surface area contributed by atoms with Crippen LogP contribution in [0.15, 0.2) is 18.2 Å². The molecule has 1 aliphatic heterocycles. The van der Waals surface area contributed by atoms with Gasteiger partial charge in [0.1, 0.15) is 0 Å². The summed E-state index contributed by atoms with van der Waals surface area (Å²) in [6, 6.07) is 4.63. The molecule has 0 atom stereocenters. The lowest BCUT2D eigenvalue weighted by Gasteiger charge is -2.34. The van der Waals surface area contributed by atoms with Gasteiger partial charge in [-0.2, -0.15) is 0 Å². The molecule has 1 aromatic carbocycles. The average Bonchev–Trinajstić information content (AvgIpc) is 2.54. The molecule has 0 aliphatic carbocycles. The maximum absolute atomic E-state index is 12.4. The summed E-state index contributed by atoms with van der Waals surface area (Å²) in [7, 11) is 0. The third kappa shape index (κ3) is 3.41. The molecule has 7 nitrogen and oxygen atoms in total. The van der Waals surface area contributed by atoms with E-state index >= 15 is 0 Å². The van der Waals surface area contributed by atoms with Crippen molar-refractivity contribution in [2.45, 2.75) is 13.3 Å². The van der Waals surface area contributed by atoms with Gasteiger partial charge in [-0.1, -0.05) is 13.0 Å². The SMILES string of the molecule is CCCNC(=O)N1CCN(C(=O)c2cccc(N)c2O)CC1. The maximum atomic E-state index is 12.4. The first-order valence-electron chi connectivity index (χ1n) is 7.44. The fourth-order valence-corrected chi connectivity index (χ4v) is 2.36. The number of anilines is 1. The van der Waals surface area contributed by atoms with E-state index in [-0.39, 0.29) is 28.9 Å². The van der Waals surface area contributed by atoms with Crippen molar-refractivity contribution in [3.05, 3.63) is 23.8 Å². The number of carbonyl (C=O) groups excluding carboxylic acids is 2. The van der Waals surface area contributed by atoms with Gasteiger partial charge in [0.25, 0.3) is 5.91 Å². The van der Waals surface area contributed by atoms with Crippen molar-refractivity contribution in [3.8, 4) is 5.75 Å². The highest BCUT2D eigenvalue weighted by Gasteiger charge is 2.26. The van der Waals surface area contributed by atoms with Crippen LogP contribution in [0.2, 0.25) is 0 Å². The van der Waals surface area contributed by atoms with Crippen molar-refractivity contribution in [1.82, 2.24) is 15.1 Å². The summed E-state index contributed by atoms with van der Waals surface area (Å²) in [5, 5.41) is 12.7. The van der Waals surface area contributed by atoms with E-state index < -0.39 is 0 Å². The first-order valence-corrected chi connectivity index (χ1v) is 7.44. The van der Waals surface area contributed by atoms with Gasteiger partial charge in [0.15, 0.2) is 5.75 Å². The van der Waals surface area contributed by atoms with Gasteiger partial charge in [-0.3, -0.25) is 4.79 Å². The minimum Gasteiger partial charge on any atom is -0.505 e. The third-order valence-electron chi connectivity index (χ3n) is 3.68. The number of amides is 3. The zero-order valence-electron chi connectivity index (χ0n) is 12.7. The van der Waals surface area contributed by atoms with Crippen molar-refractivity contribution in [3.63, 3.8) is 0 Å². The number of urea groups is 1. The standard InChI is InChI=1S/C15H22N4O3/c1-2-6-17-15(22)19-9-7-18(8-10-19)14(21)11-4-3-5-12(16)13(11)20/h3-5,20H,2,6-10,16H2,1H3,(H,17,22). The summed E-state index contributed by atoms with van der Waals surface area (Å²) in [5.41, 5.74) is 6.00. The van der Waals surface area contributed by atoms with E-state index in [0.29, 0.717) is 32.7 Å². The first kappa shape index (κ1) is 15.9. The molecular weight excluding hydrogens is 284 g/mol. The number of nitrogens with zero attached hydrogens (tertiary/aromatic N) is 2. The zero-order chi connectivity index (χ0) is 16.1. The van der Waals surface area contributed by atoms with Crippen LogP contribution < -0.4 is 11.1 Å². The lowest BCUT2D eigenvalue weighted by Crippen LogP contribution is -2.53. The molecule has 0 bridgehead atoms. The van der Waals surface area contributed by atoms with Crippen LogP contribution in [0.5, 0.6) is 5.75 Å². The molecular formula is C15H22N4O3. The predicted molar refractivity (Wildman–Crippen MR) is 83.7 cm³/mol. The number of piperazine rings is 1. The molecule has 7 heteroatoms. The molecule has 3 amide bonds. The molecule has 2 rings (SSSR count). The molecule has 4 N–H and O–H groups in total. The average molecular weight is 306 g/mol. The van der Waals surface area contributed by atoms with Gasteiger partial charge in [-0.15, -0.1) is 0 Å². The highest BCUT2D eigenvalue weighted by Crippen LogP contribution is 2.25. The molecule has 0 saturated carbocycles. The molecule has 0 spiro atoms. The number of carbonyl (C=O) groups is 2. The van der Waals surface area contributed by atoms with Crippen molar-refractivity contribution in [1.29, 1.82) is 0 Å². The Morgan fingerprint density at radius 1 is 1.23 bits per heavy atom. The smallest absolute Gasteiger partial charge is 0.317 e. The van der Waals surface area contributed by atoms with Gasteiger partial charge >= 0.3 is 6.03 Å². The monoisotopic (exact) mass is 306 g/mol. The van der Waals surface area contributed by atoms with Crippen molar-refractivity contribution < 1.29 is 14.7 Å². The summed E-state index contributed by atoms with van der Waals surface area (Å²) in [6.45, 7) is 4.47. The number of nitrogens with one attached hydrogen (secondary N) is 1. The molecule has 0 aromatic heterocycles. The Morgan fingerprint density at radius 2 is 1.86 bits per heavy atom. The van der Waals surface area contributed by atoms with Gasteiger partial charge in [0.2, 0.25) is 0 Å². The number of nitrogen functional groups attached to an aromatic ring is 1. The molecule has 1 heterocycles. The second-order valence-corrected chi connectivity index (χ2v) is 5.25. The maximum Gasteiger partial charge on any atom is 0.317 e. The second kappa shape index (κ2) is 7.02. The Morgan fingerprint density at radius 3 is 2.50 bits per heavy atom. The van der Waals surface area contributed by atoms with Crippen LogP contribution in [-0.2, 0) is 0 Å². The number of hydrogen-bond donors (Lipinski definition) is 3. The predicted octanol–water partition coefficient (Wildman–Crippen LogP) is 0.852. The lowest BCUT2D eigenvalue weighted by atomic mass is 10.1. The Hall–Kier alpha value is -2.44. The number of hydrogen-bond acceptors (Lipinski definition) is 4. The Balaban J connectivity index is 1.95. The number of para-hydroxylation sites is 1. The quantitative estimate of drug-likeness (QED) is 0.569. The largest absolute Gasteiger partial charge is 0.505 e. The second-order valence-electron chi connectivity index (χ2n) is 5.25. The fourth-order valence-electron chi connectivity index (χ4n) is 2.36. The molecule has 1 saturated heterocycles. The number of phenolic OH excluding ortho intramolecular Hbond substituents is 1. The van der Waals surface area contributed by atoms with E-state index in [0.717, 1.165) is 6.42 Å². The van der Waals surface area contributed by atoms with E-state index in [2.05, 4.69) is 5.32 Å². The van der Waals surface area contributed by atoms with Crippen LogP contribution in [0, 0.1) is 0 Å². The van der Waals surface area contributed by atoms with Crippen molar-refractivity contribution in [2.24, 2.45) is 0 Å². The van der Waals surface area contributed by atoms with Crippen molar-refractivity contribution in [2.75, 3.05) is 38.5 Å². The number of phenols is 1. The van der Waals surface area contributed by atoms with Gasteiger partial charge in [-0.05, 0) is 18.6 Å². The zero-order valence-corrected chi connectivity index (χ0v) is 12.7. The summed E-state index contributed by atoms with van der Waals surface area (Å²) in [6.07, 6.45) is 0.888. The van der Waals surface area contributed by atoms with Gasteiger partial charge in [0.05, 0.1) is 11.3 Å². The van der Waals surface area contributed by atoms with Crippen LogP contribution in [0.4, 0.5) is 10.5 Å². The number of rotatable bonds is 3. The Kier molecular flexibility index (Phi) is 5.08. The number of nitrogens with two attached hydrogens (primary N) is 1. The number of benzene rings is 1. The topological polar surface area (TPSA) is 98.9 Å². The minimum atomic E-state index is -0.265. The van der Waals surface area contributed by atoms with Crippen molar-refractivity contribution >= 4 is 17.6 Å². The van der Waals surface area contributed by atoms with Gasteiger partial charge in [0, 0.05) is 32.7 Å². The van der Waals surface area contributed by atoms with E-state index in [9.17, 15) is 14.7 Å². The van der Waals surface area contributed by atoms with E-state index in [4.69, 9.17) is 5.73 Å². The van der Waals surface area contributed by atoms with Crippen LogP contribution in [0.1, 0.15) is 23.7 Å². The van der Waals surface area contributed by atoms with Crippen LogP contribution in [-0.4, -0.2) is 59.6 Å². The summed E-state index contributed by atoms with van der Waals surface area (Å²) in [5.74, 6) is -0.450. The third-order valence-corrected chi connectivity index (χ3v) is 3.68. The summed E-state index contributed by atoms with van der Waals surface area (Å²) < 4.78 is 0. The summed E-state index contributed by atoms with van der Waals surface area (Å²) >= 11 is 0. The molecule has 0 radical (unpaired) electrons. The molecule has 22 heavy (non-hydrogen) atoms. The Labute approximate surface area is 129 Å². The highest BCUT2D eigenvalue weighted by molar-refractivity contribution is 5.98. The van der Waals surface area contributed by atoms with Gasteiger partial charge in [-0.25, -0.2) is 4.79 Å². The van der Waals surface area contributed by atoms with E-state index in [1.54, 1.807) is 28.0 Å². The van der Waals surface area contributed by atoms with Gasteiger partial charge < -0.3 is 26.0 Å². The van der Waals surface area contributed by atoms with Crippen LogP contribution >= 0.6 is 0 Å². The molecule has 1 aliphatic rings. The molecule has 0 unspecified atom stereocenters. The molecule has 1 aromatic rings. The van der Waals surface area contributed by atoms with Crippen LogP contribution in [0.25, 0.3) is 0 Å². The normalized spacial score (nSPS) is 14.8. The summed E-state index contributed by atoms with van der Waals surface area (Å²) in [4.78, 5) is 27.6. The molecule has 1 fully saturated rings. The Bertz CT molecular complexity index is 554. The van der Waals surface area contributed by atoms with E-state index in [1.165, 1.54) is 0 Å². The first-order chi connectivity index (χ1) is 10.5. The van der Waals surface area contributed by atoms with Crippen LogP contribution in [0.3, 0.4) is 0 Å².